The quantitative estimate of drug-likeness (QED) is 0.237. The molecule has 3 aromatic carbocycles. The van der Waals surface area contributed by atoms with Crippen LogP contribution < -0.4 is 14.4 Å². The van der Waals surface area contributed by atoms with E-state index in [0.29, 0.717) is 31.9 Å². The summed E-state index contributed by atoms with van der Waals surface area (Å²) in [7, 11) is 1.64. The number of carbonyl (C=O) groups is 1. The van der Waals surface area contributed by atoms with E-state index in [1.807, 2.05) is 59.5 Å². The lowest BCUT2D eigenvalue weighted by molar-refractivity contribution is -0.119. The third-order valence-electron chi connectivity index (χ3n) is 5.64. The van der Waals surface area contributed by atoms with Crippen LogP contribution in [0.1, 0.15) is 43.7 Å². The fraction of sp³-hybridized carbons (Fsp3) is 0.286. The fourth-order valence-corrected chi connectivity index (χ4v) is 4.81. The maximum absolute atomic E-state index is 13.4. The largest absolute Gasteiger partial charge is 0.497 e. The number of benzene rings is 3. The predicted octanol–water partition coefficient (Wildman–Crippen LogP) is 6.82. The molecule has 0 atom stereocenters. The molecule has 0 aliphatic heterocycles. The number of rotatable bonds is 10. The Bertz CT molecular complexity index is 1220. The minimum absolute atomic E-state index is 0.0485. The number of aromatic nitrogens is 1. The van der Waals surface area contributed by atoms with Crippen LogP contribution in [0.25, 0.3) is 10.2 Å². The van der Waals surface area contributed by atoms with Crippen molar-refractivity contribution in [3.63, 3.8) is 0 Å². The molecule has 4 aromatic rings. The van der Waals surface area contributed by atoms with E-state index >= 15 is 0 Å². The molecule has 5 nitrogen and oxygen atoms in total. The minimum Gasteiger partial charge on any atom is -0.497 e. The molecule has 0 unspecified atom stereocenters. The summed E-state index contributed by atoms with van der Waals surface area (Å²) in [5.41, 5.74) is 3.28. The summed E-state index contributed by atoms with van der Waals surface area (Å²) in [6.45, 7) is 5.30. The molecular weight excluding hydrogens is 444 g/mol. The van der Waals surface area contributed by atoms with Crippen LogP contribution in [0, 0.1) is 0 Å². The molecule has 0 saturated heterocycles. The van der Waals surface area contributed by atoms with E-state index in [1.165, 1.54) is 5.56 Å². The standard InChI is InChI=1S/C28H30N2O3S/c1-20(2)24-11-7-12-25-27(24)29-28(34-25)30(19-21-9-5-4-6-10-21)26(31)13-8-18-33-23-16-14-22(32-3)15-17-23/h4-7,9-12,14-17,20H,8,13,18-19H2,1-3H3. The number of nitrogens with zero attached hydrogens (tertiary/aromatic N) is 2. The first kappa shape index (κ1) is 23.8. The number of fused-ring (bicyclic) bond motifs is 1. The molecule has 1 heterocycles. The van der Waals surface area contributed by atoms with Crippen LogP contribution in [0.3, 0.4) is 0 Å². The molecule has 0 spiro atoms. The minimum atomic E-state index is 0.0485. The number of thiazole rings is 1. The first-order valence-corrected chi connectivity index (χ1v) is 12.4. The normalized spacial score (nSPS) is 11.1. The Balaban J connectivity index is 1.48. The molecule has 4 rings (SSSR count). The van der Waals surface area contributed by atoms with Gasteiger partial charge in [0.15, 0.2) is 5.13 Å². The van der Waals surface area contributed by atoms with Crippen molar-refractivity contribution in [1.82, 2.24) is 4.98 Å². The average molecular weight is 475 g/mol. The highest BCUT2D eigenvalue weighted by molar-refractivity contribution is 7.22. The second-order valence-electron chi connectivity index (χ2n) is 8.44. The van der Waals surface area contributed by atoms with Crippen LogP contribution in [0.4, 0.5) is 5.13 Å². The summed E-state index contributed by atoms with van der Waals surface area (Å²) >= 11 is 1.57. The number of para-hydroxylation sites is 1. The van der Waals surface area contributed by atoms with Crippen molar-refractivity contribution in [2.24, 2.45) is 0 Å². The molecule has 0 radical (unpaired) electrons. The highest BCUT2D eigenvalue weighted by Gasteiger charge is 2.21. The Labute approximate surface area is 205 Å². The van der Waals surface area contributed by atoms with Gasteiger partial charge in [0, 0.05) is 6.42 Å². The molecule has 0 aliphatic rings. The number of ether oxygens (including phenoxy) is 2. The highest BCUT2D eigenvalue weighted by atomic mass is 32.1. The van der Waals surface area contributed by atoms with Crippen molar-refractivity contribution in [3.05, 3.63) is 83.9 Å². The van der Waals surface area contributed by atoms with Crippen LogP contribution in [-0.2, 0) is 11.3 Å². The van der Waals surface area contributed by atoms with Crippen LogP contribution in [0.2, 0.25) is 0 Å². The number of hydrogen-bond donors (Lipinski definition) is 0. The second kappa shape index (κ2) is 11.2. The molecule has 1 aromatic heterocycles. The van der Waals surface area contributed by atoms with Crippen LogP contribution >= 0.6 is 11.3 Å². The van der Waals surface area contributed by atoms with Gasteiger partial charge in [-0.25, -0.2) is 4.98 Å². The Morgan fingerprint density at radius 3 is 2.41 bits per heavy atom. The van der Waals surface area contributed by atoms with Gasteiger partial charge in [0.25, 0.3) is 0 Å². The van der Waals surface area contributed by atoms with E-state index < -0.39 is 0 Å². The molecule has 0 fully saturated rings. The van der Waals surface area contributed by atoms with Crippen molar-refractivity contribution in [2.75, 3.05) is 18.6 Å². The molecule has 0 saturated carbocycles. The van der Waals surface area contributed by atoms with Crippen LogP contribution in [0.5, 0.6) is 11.5 Å². The highest BCUT2D eigenvalue weighted by Crippen LogP contribution is 2.34. The van der Waals surface area contributed by atoms with Crippen molar-refractivity contribution in [2.45, 2.75) is 39.2 Å². The molecule has 6 heteroatoms. The van der Waals surface area contributed by atoms with Crippen molar-refractivity contribution >= 4 is 32.6 Å². The zero-order valence-corrected chi connectivity index (χ0v) is 20.7. The van der Waals surface area contributed by atoms with Gasteiger partial charge in [0.1, 0.15) is 11.5 Å². The number of anilines is 1. The second-order valence-corrected chi connectivity index (χ2v) is 9.45. The first-order valence-electron chi connectivity index (χ1n) is 11.6. The van der Waals surface area contributed by atoms with Gasteiger partial charge in [-0.15, -0.1) is 0 Å². The molecule has 1 amide bonds. The monoisotopic (exact) mass is 474 g/mol. The van der Waals surface area contributed by atoms with Gasteiger partial charge in [0.2, 0.25) is 5.91 Å². The van der Waals surface area contributed by atoms with Crippen molar-refractivity contribution < 1.29 is 14.3 Å². The third-order valence-corrected chi connectivity index (χ3v) is 6.68. The van der Waals surface area contributed by atoms with Crippen molar-refractivity contribution in [1.29, 1.82) is 0 Å². The summed E-state index contributed by atoms with van der Waals surface area (Å²) in [4.78, 5) is 20.1. The molecule has 0 bridgehead atoms. The van der Waals surface area contributed by atoms with Gasteiger partial charge >= 0.3 is 0 Å². The molecule has 34 heavy (non-hydrogen) atoms. The molecule has 176 valence electrons. The Morgan fingerprint density at radius 1 is 0.971 bits per heavy atom. The predicted molar refractivity (Wildman–Crippen MR) is 139 cm³/mol. The van der Waals surface area contributed by atoms with Crippen LogP contribution in [0.15, 0.2) is 72.8 Å². The summed E-state index contributed by atoms with van der Waals surface area (Å²) in [5, 5.41) is 0.744. The van der Waals surface area contributed by atoms with Gasteiger partial charge in [-0.2, -0.15) is 0 Å². The van der Waals surface area contributed by atoms with E-state index in [9.17, 15) is 4.79 Å². The summed E-state index contributed by atoms with van der Waals surface area (Å²) in [5.74, 6) is 1.97. The lowest BCUT2D eigenvalue weighted by atomic mass is 10.0. The van der Waals surface area contributed by atoms with Gasteiger partial charge in [-0.3, -0.25) is 9.69 Å². The maximum atomic E-state index is 13.4. The van der Waals surface area contributed by atoms with Gasteiger partial charge in [0.05, 0.1) is 30.5 Å². The zero-order chi connectivity index (χ0) is 23.9. The smallest absolute Gasteiger partial charge is 0.229 e. The zero-order valence-electron chi connectivity index (χ0n) is 19.9. The summed E-state index contributed by atoms with van der Waals surface area (Å²) in [6, 6.07) is 23.8. The summed E-state index contributed by atoms with van der Waals surface area (Å²) < 4.78 is 12.1. The number of amides is 1. The van der Waals surface area contributed by atoms with E-state index in [-0.39, 0.29) is 5.91 Å². The third kappa shape index (κ3) is 5.75. The Hall–Kier alpha value is -3.38. The molecule has 0 aliphatic carbocycles. The lowest BCUT2D eigenvalue weighted by Crippen LogP contribution is -2.30. The van der Waals surface area contributed by atoms with E-state index in [2.05, 4.69) is 32.0 Å². The van der Waals surface area contributed by atoms with E-state index in [4.69, 9.17) is 14.5 Å². The average Bonchev–Trinajstić information content (AvgIpc) is 3.30. The molecular formula is C28H30N2O3S. The SMILES string of the molecule is COc1ccc(OCCCC(=O)N(Cc2ccccc2)c2nc3c(C(C)C)cccc3s2)cc1. The number of carbonyl (C=O) groups excluding carboxylic acids is 1. The Morgan fingerprint density at radius 2 is 1.71 bits per heavy atom. The van der Waals surface area contributed by atoms with Crippen molar-refractivity contribution in [3.8, 4) is 11.5 Å². The number of hydrogen-bond acceptors (Lipinski definition) is 5. The lowest BCUT2D eigenvalue weighted by Gasteiger charge is -2.20. The number of methoxy groups -OCH3 is 1. The van der Waals surface area contributed by atoms with Crippen LogP contribution in [-0.4, -0.2) is 24.6 Å². The topological polar surface area (TPSA) is 51.7 Å². The van der Waals surface area contributed by atoms with Gasteiger partial charge in [-0.05, 0) is 53.8 Å². The fourth-order valence-electron chi connectivity index (χ4n) is 3.79. The van der Waals surface area contributed by atoms with Gasteiger partial charge < -0.3 is 9.47 Å². The maximum Gasteiger partial charge on any atom is 0.229 e. The molecule has 0 N–H and O–H groups in total. The van der Waals surface area contributed by atoms with E-state index in [1.54, 1.807) is 18.4 Å². The summed E-state index contributed by atoms with van der Waals surface area (Å²) in [6.07, 6.45) is 1.01. The van der Waals surface area contributed by atoms with E-state index in [0.717, 1.165) is 32.4 Å². The Kier molecular flexibility index (Phi) is 7.80. The van der Waals surface area contributed by atoms with Gasteiger partial charge in [-0.1, -0.05) is 67.6 Å². The first-order chi connectivity index (χ1) is 16.5.